The Morgan fingerprint density at radius 3 is 2.37 bits per heavy atom. The van der Waals surface area contributed by atoms with E-state index in [0.717, 1.165) is 71.2 Å². The normalized spacial score (nSPS) is 21.0. The van der Waals surface area contributed by atoms with Gasteiger partial charge in [-0.05, 0) is 18.9 Å². The SMILES string of the molecule is CCNC(=NCC1(OC)CCOCC1)N1CCN(C(CC)c2ccccc2)CC1.I. The molecule has 1 aromatic carbocycles. The molecule has 0 aromatic heterocycles. The lowest BCUT2D eigenvalue weighted by Gasteiger charge is -2.41. The molecule has 7 heteroatoms. The van der Waals surface area contributed by atoms with Gasteiger partial charge in [-0.1, -0.05) is 37.3 Å². The standard InChI is InChI=1S/C23H38N4O2.HI/c1-4-21(20-9-7-6-8-10-20)26-13-15-27(16-14-26)22(24-5-2)25-19-23(28-3)11-17-29-18-12-23;/h6-10,21H,4-5,11-19H2,1-3H3,(H,24,25);1H. The molecule has 170 valence electrons. The molecule has 1 atom stereocenters. The smallest absolute Gasteiger partial charge is 0.194 e. The van der Waals surface area contributed by atoms with Crippen LogP contribution in [-0.2, 0) is 9.47 Å². The van der Waals surface area contributed by atoms with Crippen molar-refractivity contribution in [2.45, 2.75) is 44.8 Å². The Bertz CT molecular complexity index is 629. The zero-order chi connectivity index (χ0) is 20.5. The second-order valence-corrected chi connectivity index (χ2v) is 8.03. The van der Waals surface area contributed by atoms with Gasteiger partial charge in [-0.2, -0.15) is 0 Å². The minimum atomic E-state index is -0.179. The van der Waals surface area contributed by atoms with Crippen molar-refractivity contribution in [1.82, 2.24) is 15.1 Å². The molecule has 2 aliphatic rings. The van der Waals surface area contributed by atoms with E-state index in [2.05, 4.69) is 59.3 Å². The summed E-state index contributed by atoms with van der Waals surface area (Å²) in [6, 6.07) is 11.4. The molecule has 6 nitrogen and oxygen atoms in total. The van der Waals surface area contributed by atoms with Gasteiger partial charge >= 0.3 is 0 Å². The molecular formula is C23H39IN4O2. The summed E-state index contributed by atoms with van der Waals surface area (Å²) < 4.78 is 11.4. The van der Waals surface area contributed by atoms with Crippen LogP contribution in [0.1, 0.15) is 44.7 Å². The van der Waals surface area contributed by atoms with Crippen molar-refractivity contribution in [3.05, 3.63) is 35.9 Å². The monoisotopic (exact) mass is 530 g/mol. The van der Waals surface area contributed by atoms with Gasteiger partial charge < -0.3 is 19.7 Å². The molecule has 30 heavy (non-hydrogen) atoms. The first kappa shape index (κ1) is 25.4. The molecule has 0 aliphatic carbocycles. The van der Waals surface area contributed by atoms with Gasteiger partial charge in [0.15, 0.2) is 5.96 Å². The van der Waals surface area contributed by atoms with Gasteiger partial charge in [0.1, 0.15) is 0 Å². The zero-order valence-electron chi connectivity index (χ0n) is 18.8. The number of methoxy groups -OCH3 is 1. The minimum Gasteiger partial charge on any atom is -0.381 e. The Balaban J connectivity index is 0.00000320. The molecule has 2 aliphatic heterocycles. The fourth-order valence-corrected chi connectivity index (χ4v) is 4.44. The Morgan fingerprint density at radius 2 is 1.80 bits per heavy atom. The molecule has 0 amide bonds. The van der Waals surface area contributed by atoms with Gasteiger partial charge in [0.25, 0.3) is 0 Å². The van der Waals surface area contributed by atoms with Crippen LogP contribution < -0.4 is 5.32 Å². The van der Waals surface area contributed by atoms with Crippen molar-refractivity contribution < 1.29 is 9.47 Å². The maximum atomic E-state index is 5.87. The van der Waals surface area contributed by atoms with Crippen molar-refractivity contribution >= 4 is 29.9 Å². The van der Waals surface area contributed by atoms with Gasteiger partial charge in [0.2, 0.25) is 0 Å². The molecule has 1 unspecified atom stereocenters. The third-order valence-electron chi connectivity index (χ3n) is 6.31. The third-order valence-corrected chi connectivity index (χ3v) is 6.31. The molecule has 2 fully saturated rings. The summed E-state index contributed by atoms with van der Waals surface area (Å²) in [7, 11) is 1.81. The highest BCUT2D eigenvalue weighted by Crippen LogP contribution is 2.26. The van der Waals surface area contributed by atoms with E-state index >= 15 is 0 Å². The minimum absolute atomic E-state index is 0. The fraction of sp³-hybridized carbons (Fsp3) is 0.696. The predicted molar refractivity (Wildman–Crippen MR) is 134 cm³/mol. The van der Waals surface area contributed by atoms with Crippen LogP contribution in [0.4, 0.5) is 0 Å². The largest absolute Gasteiger partial charge is 0.381 e. The zero-order valence-corrected chi connectivity index (χ0v) is 21.1. The average Bonchev–Trinajstić information content (AvgIpc) is 2.79. The maximum absolute atomic E-state index is 5.87. The molecule has 0 bridgehead atoms. The number of rotatable bonds is 7. The average molecular weight is 530 g/mol. The van der Waals surface area contributed by atoms with E-state index in [1.54, 1.807) is 7.11 Å². The second-order valence-electron chi connectivity index (χ2n) is 8.03. The maximum Gasteiger partial charge on any atom is 0.194 e. The Kier molecular flexibility index (Phi) is 10.8. The number of nitrogens with one attached hydrogen (secondary N) is 1. The number of hydrogen-bond acceptors (Lipinski definition) is 4. The Hall–Kier alpha value is -0.900. The van der Waals surface area contributed by atoms with Crippen molar-refractivity contribution in [2.24, 2.45) is 4.99 Å². The number of ether oxygens (including phenoxy) is 2. The first-order chi connectivity index (χ1) is 14.2. The Morgan fingerprint density at radius 1 is 1.13 bits per heavy atom. The van der Waals surface area contributed by atoms with Crippen LogP contribution in [0.25, 0.3) is 0 Å². The Labute approximate surface area is 199 Å². The van der Waals surface area contributed by atoms with E-state index in [1.165, 1.54) is 5.56 Å². The van der Waals surface area contributed by atoms with Crippen LogP contribution in [-0.4, -0.2) is 81.0 Å². The van der Waals surface area contributed by atoms with Crippen LogP contribution in [0.3, 0.4) is 0 Å². The van der Waals surface area contributed by atoms with Gasteiger partial charge in [-0.15, -0.1) is 24.0 Å². The van der Waals surface area contributed by atoms with Gasteiger partial charge in [-0.3, -0.25) is 9.89 Å². The van der Waals surface area contributed by atoms with Crippen LogP contribution >= 0.6 is 24.0 Å². The molecular weight excluding hydrogens is 491 g/mol. The molecule has 1 aromatic rings. The van der Waals surface area contributed by atoms with E-state index in [9.17, 15) is 0 Å². The van der Waals surface area contributed by atoms with Crippen molar-refractivity contribution in [3.63, 3.8) is 0 Å². The number of guanidine groups is 1. The van der Waals surface area contributed by atoms with Crippen molar-refractivity contribution in [1.29, 1.82) is 0 Å². The van der Waals surface area contributed by atoms with E-state index in [4.69, 9.17) is 14.5 Å². The highest BCUT2D eigenvalue weighted by Gasteiger charge is 2.33. The second kappa shape index (κ2) is 12.8. The fourth-order valence-electron chi connectivity index (χ4n) is 4.44. The number of piperazine rings is 1. The molecule has 0 spiro atoms. The summed E-state index contributed by atoms with van der Waals surface area (Å²) in [5.41, 5.74) is 1.24. The highest BCUT2D eigenvalue weighted by atomic mass is 127. The molecule has 3 rings (SSSR count). The van der Waals surface area contributed by atoms with Gasteiger partial charge in [-0.25, -0.2) is 0 Å². The van der Waals surface area contributed by atoms with Gasteiger partial charge in [0, 0.05) is 71.9 Å². The lowest BCUT2D eigenvalue weighted by atomic mass is 9.94. The first-order valence-electron chi connectivity index (χ1n) is 11.2. The predicted octanol–water partition coefficient (Wildman–Crippen LogP) is 3.53. The summed E-state index contributed by atoms with van der Waals surface area (Å²) >= 11 is 0. The molecule has 2 heterocycles. The molecule has 0 saturated carbocycles. The topological polar surface area (TPSA) is 49.3 Å². The van der Waals surface area contributed by atoms with Crippen LogP contribution in [0.2, 0.25) is 0 Å². The van der Waals surface area contributed by atoms with Crippen LogP contribution in [0, 0.1) is 0 Å². The summed E-state index contributed by atoms with van der Waals surface area (Å²) in [5.74, 6) is 1.02. The number of halogens is 1. The summed E-state index contributed by atoms with van der Waals surface area (Å²) in [4.78, 5) is 10.0. The number of hydrogen-bond donors (Lipinski definition) is 1. The van der Waals surface area contributed by atoms with E-state index in [1.807, 2.05) is 0 Å². The summed E-state index contributed by atoms with van der Waals surface area (Å²) in [6.45, 7) is 11.6. The number of benzene rings is 1. The number of nitrogens with zero attached hydrogens (tertiary/aromatic N) is 3. The third kappa shape index (κ3) is 6.55. The van der Waals surface area contributed by atoms with Crippen molar-refractivity contribution in [2.75, 3.05) is 59.6 Å². The lowest BCUT2D eigenvalue weighted by molar-refractivity contribution is -0.0829. The molecule has 2 saturated heterocycles. The van der Waals surface area contributed by atoms with E-state index in [-0.39, 0.29) is 29.6 Å². The van der Waals surface area contributed by atoms with Crippen LogP contribution in [0.5, 0.6) is 0 Å². The van der Waals surface area contributed by atoms with Crippen molar-refractivity contribution in [3.8, 4) is 0 Å². The highest BCUT2D eigenvalue weighted by molar-refractivity contribution is 14.0. The van der Waals surface area contributed by atoms with Crippen LogP contribution in [0.15, 0.2) is 35.3 Å². The molecule has 0 radical (unpaired) electrons. The molecule has 1 N–H and O–H groups in total. The lowest BCUT2D eigenvalue weighted by Crippen LogP contribution is -2.53. The quantitative estimate of drug-likeness (QED) is 0.332. The van der Waals surface area contributed by atoms with Gasteiger partial charge in [0.05, 0.1) is 12.1 Å². The van der Waals surface area contributed by atoms with E-state index < -0.39 is 0 Å². The number of aliphatic imine (C=N–C) groups is 1. The summed E-state index contributed by atoms with van der Waals surface area (Å²) in [6.07, 6.45) is 2.96. The first-order valence-corrected chi connectivity index (χ1v) is 11.2. The van der Waals surface area contributed by atoms with E-state index in [0.29, 0.717) is 12.6 Å². The summed E-state index contributed by atoms with van der Waals surface area (Å²) in [5, 5.41) is 3.49.